The molecule has 0 spiro atoms. The van der Waals surface area contributed by atoms with E-state index in [4.69, 9.17) is 62.6 Å². The Kier molecular flexibility index (Phi) is 31.3. The van der Waals surface area contributed by atoms with E-state index in [0.717, 1.165) is 19.3 Å². The summed E-state index contributed by atoms with van der Waals surface area (Å²) in [5.41, 5.74) is 6.86. The van der Waals surface area contributed by atoms with Crippen molar-refractivity contribution in [3.8, 4) is 0 Å². The molecule has 1 amide bonds. The lowest BCUT2D eigenvalue weighted by Gasteiger charge is -2.31. The van der Waals surface area contributed by atoms with Gasteiger partial charge in [-0.25, -0.2) is 9.36 Å². The van der Waals surface area contributed by atoms with Crippen LogP contribution in [0.5, 0.6) is 0 Å². The molecule has 392 valence electrons. The molecule has 2 aliphatic rings. The zero-order valence-electron chi connectivity index (χ0n) is 39.5. The summed E-state index contributed by atoms with van der Waals surface area (Å²) in [6.07, 6.45) is 2.78. The first kappa shape index (κ1) is 57.6. The van der Waals surface area contributed by atoms with Crippen molar-refractivity contribution in [3.63, 3.8) is 0 Å². The molecule has 68 heavy (non-hydrogen) atoms. The van der Waals surface area contributed by atoms with E-state index in [9.17, 15) is 25.2 Å². The molecule has 2 aromatic heterocycles. The number of aliphatic hydroxyl groups is 4. The van der Waals surface area contributed by atoms with E-state index in [1.54, 1.807) is 21.8 Å². The highest BCUT2D eigenvalue weighted by atomic mass is 16.6. The average molecular weight is 979 g/mol. The molecule has 2 aliphatic heterocycles. The minimum Gasteiger partial charge on any atom is -0.390 e. The predicted molar refractivity (Wildman–Crippen MR) is 238 cm³/mol. The van der Waals surface area contributed by atoms with Crippen molar-refractivity contribution < 1.29 is 82.1 Å². The number of rotatable bonds is 42. The van der Waals surface area contributed by atoms with Gasteiger partial charge in [-0.3, -0.25) is 4.79 Å². The number of ether oxygens (including phenoxy) is 12. The van der Waals surface area contributed by atoms with Crippen molar-refractivity contribution in [1.82, 2.24) is 35.3 Å². The van der Waals surface area contributed by atoms with Gasteiger partial charge in [0, 0.05) is 19.6 Å². The summed E-state index contributed by atoms with van der Waals surface area (Å²) in [5.74, 6) is -0.0888. The highest BCUT2D eigenvalue weighted by molar-refractivity contribution is 5.76. The van der Waals surface area contributed by atoms with Gasteiger partial charge in [0.1, 0.15) is 35.8 Å². The van der Waals surface area contributed by atoms with Gasteiger partial charge in [-0.1, -0.05) is 16.8 Å². The van der Waals surface area contributed by atoms with Crippen LogP contribution >= 0.6 is 0 Å². The normalized spacial score (nSPS) is 21.0. The Morgan fingerprint density at radius 1 is 0.603 bits per heavy atom. The van der Waals surface area contributed by atoms with Gasteiger partial charge in [0.25, 0.3) is 0 Å². The van der Waals surface area contributed by atoms with Crippen molar-refractivity contribution in [2.24, 2.45) is 5.73 Å². The van der Waals surface area contributed by atoms with E-state index >= 15 is 0 Å². The first-order chi connectivity index (χ1) is 33.3. The third-order valence-corrected chi connectivity index (χ3v) is 10.6. The average Bonchev–Trinajstić information content (AvgIpc) is 4.00. The molecule has 4 rings (SSSR count). The van der Waals surface area contributed by atoms with E-state index in [-0.39, 0.29) is 45.5 Å². The zero-order valence-corrected chi connectivity index (χ0v) is 39.5. The molecule has 25 nitrogen and oxygen atoms in total. The number of aromatic nitrogens is 6. The molecule has 0 bridgehead atoms. The SMILES string of the molecule is NCCCCCC(=O)NC(COCc1cn(CCOCCOCCOCCOC[C@H]2OCC[C@@H](O)[C@H]2O)nn1)COCc1cn(CCOCCOCCOCCOC[C@H]2OCC[C@@H](O)[C@H]2O)nn1. The van der Waals surface area contributed by atoms with Crippen LogP contribution in [0.4, 0.5) is 0 Å². The minimum absolute atomic E-state index is 0.0888. The van der Waals surface area contributed by atoms with Crippen molar-refractivity contribution in [2.75, 3.05) is 139 Å². The van der Waals surface area contributed by atoms with Gasteiger partial charge < -0.3 is 88.3 Å². The zero-order chi connectivity index (χ0) is 48.3. The fraction of sp³-hybridized carbons (Fsp3) is 0.884. The molecule has 7 N–H and O–H groups in total. The predicted octanol–water partition coefficient (Wildman–Crippen LogP) is -2.24. The lowest BCUT2D eigenvalue weighted by Crippen LogP contribution is -2.46. The fourth-order valence-electron chi connectivity index (χ4n) is 6.72. The molecule has 0 radical (unpaired) electrons. The van der Waals surface area contributed by atoms with E-state index < -0.39 is 42.7 Å². The summed E-state index contributed by atoms with van der Waals surface area (Å²) in [4.78, 5) is 12.7. The second kappa shape index (κ2) is 36.9. The highest BCUT2D eigenvalue weighted by Gasteiger charge is 2.32. The number of nitrogens with one attached hydrogen (secondary N) is 1. The van der Waals surface area contributed by atoms with Gasteiger partial charge in [0.05, 0.1) is 176 Å². The number of amides is 1. The van der Waals surface area contributed by atoms with Crippen LogP contribution in [-0.2, 0) is 87.9 Å². The number of hydrogen-bond donors (Lipinski definition) is 6. The maximum Gasteiger partial charge on any atom is 0.220 e. The molecule has 0 aliphatic carbocycles. The van der Waals surface area contributed by atoms with Gasteiger partial charge in [0.15, 0.2) is 0 Å². The third-order valence-electron chi connectivity index (χ3n) is 10.6. The summed E-state index contributed by atoms with van der Waals surface area (Å²) in [6, 6.07) is -0.410. The van der Waals surface area contributed by atoms with Crippen LogP contribution in [0.2, 0.25) is 0 Å². The molecule has 0 unspecified atom stereocenters. The van der Waals surface area contributed by atoms with Crippen molar-refractivity contribution >= 4 is 5.91 Å². The number of carbonyl (C=O) groups excluding carboxylic acids is 1. The smallest absolute Gasteiger partial charge is 0.220 e. The minimum atomic E-state index is -0.939. The topological polar surface area (TPSA) is 308 Å². The summed E-state index contributed by atoms with van der Waals surface area (Å²) in [5, 5.41) is 58.9. The molecule has 2 aromatic rings. The van der Waals surface area contributed by atoms with Gasteiger partial charge in [-0.05, 0) is 32.2 Å². The Labute approximate surface area is 398 Å². The van der Waals surface area contributed by atoms with Crippen LogP contribution in [0.15, 0.2) is 12.4 Å². The first-order valence-corrected chi connectivity index (χ1v) is 23.8. The molecule has 2 saturated heterocycles. The largest absolute Gasteiger partial charge is 0.390 e. The number of carbonyl (C=O) groups is 1. The summed E-state index contributed by atoms with van der Waals surface area (Å²) >= 11 is 0. The van der Waals surface area contributed by atoms with Crippen LogP contribution in [-0.4, -0.2) is 238 Å². The highest BCUT2D eigenvalue weighted by Crippen LogP contribution is 2.16. The Balaban J connectivity index is 0.982. The lowest BCUT2D eigenvalue weighted by atomic mass is 10.0. The maximum atomic E-state index is 12.7. The second-order valence-electron chi connectivity index (χ2n) is 16.2. The molecular formula is C43H78N8O17. The van der Waals surface area contributed by atoms with Gasteiger partial charge in [0.2, 0.25) is 5.91 Å². The van der Waals surface area contributed by atoms with Crippen LogP contribution in [0.3, 0.4) is 0 Å². The van der Waals surface area contributed by atoms with Crippen LogP contribution in [0, 0.1) is 0 Å². The lowest BCUT2D eigenvalue weighted by molar-refractivity contribution is -0.156. The molecule has 25 heteroatoms. The second-order valence-corrected chi connectivity index (χ2v) is 16.2. The molecule has 4 heterocycles. The molecule has 2 fully saturated rings. The number of hydrogen-bond acceptors (Lipinski definition) is 22. The van der Waals surface area contributed by atoms with E-state index in [2.05, 4.69) is 25.9 Å². The van der Waals surface area contributed by atoms with Crippen molar-refractivity contribution in [3.05, 3.63) is 23.8 Å². The monoisotopic (exact) mass is 979 g/mol. The summed E-state index contributed by atoms with van der Waals surface area (Å²) < 4.78 is 70.4. The first-order valence-electron chi connectivity index (χ1n) is 23.8. The van der Waals surface area contributed by atoms with E-state index in [1.807, 2.05) is 0 Å². The fourth-order valence-corrected chi connectivity index (χ4v) is 6.72. The third kappa shape index (κ3) is 25.8. The number of nitrogens with zero attached hydrogens (tertiary/aromatic N) is 6. The standard InChI is InChI=1S/C43H78N8O17/c44-7-3-1-2-4-41(54)45-36(30-65-28-34-26-50(48-46-34)8-12-57-14-16-59-18-20-61-22-24-63-32-39-42(55)37(52)5-10-67-39)31-66-29-35-27-51(49-47-35)9-13-58-15-17-60-19-21-62-23-25-64-33-40-43(56)38(53)6-11-68-40/h26-27,36-40,42-43,52-53,55-56H,1-25,28-33,44H2,(H,45,54)/t37-,38-,39-,40-,42-,43-/m1/s1. The number of aliphatic hydroxyl groups excluding tert-OH is 4. The Bertz CT molecular complexity index is 1440. The summed E-state index contributed by atoms with van der Waals surface area (Å²) in [6.45, 7) is 9.12. The molecule has 0 saturated carbocycles. The Morgan fingerprint density at radius 3 is 1.44 bits per heavy atom. The number of unbranched alkanes of at least 4 members (excludes halogenated alkanes) is 2. The molecular weight excluding hydrogens is 901 g/mol. The van der Waals surface area contributed by atoms with Crippen LogP contribution in [0.1, 0.15) is 49.9 Å². The van der Waals surface area contributed by atoms with E-state index in [1.165, 1.54) is 0 Å². The Morgan fingerprint density at radius 2 is 1.01 bits per heavy atom. The van der Waals surface area contributed by atoms with Gasteiger partial charge in [-0.2, -0.15) is 0 Å². The van der Waals surface area contributed by atoms with Gasteiger partial charge >= 0.3 is 0 Å². The Hall–Kier alpha value is -2.93. The quantitative estimate of drug-likeness (QED) is 0.0383. The van der Waals surface area contributed by atoms with Crippen LogP contribution in [0.25, 0.3) is 0 Å². The number of nitrogens with two attached hydrogens (primary N) is 1. The van der Waals surface area contributed by atoms with Crippen molar-refractivity contribution in [2.45, 2.75) is 107 Å². The molecule has 0 aromatic carbocycles. The van der Waals surface area contributed by atoms with Crippen molar-refractivity contribution in [1.29, 1.82) is 0 Å². The van der Waals surface area contributed by atoms with E-state index in [0.29, 0.717) is 156 Å². The summed E-state index contributed by atoms with van der Waals surface area (Å²) in [7, 11) is 0. The molecule has 6 atom stereocenters. The maximum absolute atomic E-state index is 12.7. The van der Waals surface area contributed by atoms with Crippen LogP contribution < -0.4 is 11.1 Å². The van der Waals surface area contributed by atoms with Gasteiger partial charge in [-0.15, -0.1) is 10.2 Å².